The van der Waals surface area contributed by atoms with Gasteiger partial charge in [-0.3, -0.25) is 9.88 Å². The van der Waals surface area contributed by atoms with Crippen molar-refractivity contribution in [2.45, 2.75) is 49.6 Å². The maximum absolute atomic E-state index is 6.50. The normalized spacial score (nSPS) is 25.5. The van der Waals surface area contributed by atoms with Gasteiger partial charge in [0.2, 0.25) is 0 Å². The molecule has 8 heteroatoms. The van der Waals surface area contributed by atoms with Crippen molar-refractivity contribution in [3.63, 3.8) is 0 Å². The molecule has 200 valence electrons. The number of halogens is 1. The molecule has 2 N–H and O–H groups in total. The lowest BCUT2D eigenvalue weighted by molar-refractivity contribution is 0.00791. The van der Waals surface area contributed by atoms with Crippen LogP contribution >= 0.6 is 11.6 Å². The minimum atomic E-state index is -0.376. The summed E-state index contributed by atoms with van der Waals surface area (Å²) in [5.41, 5.74) is 5.17. The molecule has 4 heterocycles. The standard InChI is InChI=1S/C31H33ClN6O/c32-23-3-1-2-22(18-23)31(21-9-12-33-13-10-21)11-8-27-26(19-31)28-29(34-20-35-30(28)37-27)36-24-4-6-25(7-5-24)38-14-16-39-17-15-38/h1-3,8-13,18,20,24-25H,4-7,14-17,19H2,(H2,34,35,36,37)/t24-,25-,31?. The lowest BCUT2D eigenvalue weighted by Crippen LogP contribution is -2.46. The summed E-state index contributed by atoms with van der Waals surface area (Å²) in [4.78, 5) is 19.9. The second-order valence-electron chi connectivity index (χ2n) is 11.0. The van der Waals surface area contributed by atoms with Crippen molar-refractivity contribution in [1.82, 2.24) is 24.8 Å². The third kappa shape index (κ3) is 4.62. The first kappa shape index (κ1) is 24.8. The number of anilines is 1. The second kappa shape index (κ2) is 10.4. The van der Waals surface area contributed by atoms with E-state index in [-0.39, 0.29) is 5.41 Å². The Bertz CT molecular complexity index is 1490. The van der Waals surface area contributed by atoms with Crippen LogP contribution in [-0.4, -0.2) is 63.2 Å². The number of H-pyrrole nitrogens is 1. The second-order valence-corrected chi connectivity index (χ2v) is 11.4. The number of rotatable bonds is 5. The Balaban J connectivity index is 1.21. The van der Waals surface area contributed by atoms with Crippen LogP contribution < -0.4 is 5.32 Å². The highest BCUT2D eigenvalue weighted by Gasteiger charge is 2.37. The van der Waals surface area contributed by atoms with Crippen LogP contribution in [0, 0.1) is 0 Å². The fraction of sp³-hybridized carbons (Fsp3) is 0.387. The highest BCUT2D eigenvalue weighted by Crippen LogP contribution is 2.45. The maximum atomic E-state index is 6.50. The van der Waals surface area contributed by atoms with Crippen LogP contribution in [0.3, 0.4) is 0 Å². The van der Waals surface area contributed by atoms with E-state index in [0.717, 1.165) is 78.7 Å². The van der Waals surface area contributed by atoms with Gasteiger partial charge in [-0.2, -0.15) is 0 Å². The van der Waals surface area contributed by atoms with Crippen molar-refractivity contribution in [2.24, 2.45) is 0 Å². The topological polar surface area (TPSA) is 79.0 Å². The van der Waals surface area contributed by atoms with Crippen molar-refractivity contribution in [1.29, 1.82) is 0 Å². The summed E-state index contributed by atoms with van der Waals surface area (Å²) in [5, 5.41) is 5.65. The Kier molecular flexibility index (Phi) is 6.59. The molecule has 2 fully saturated rings. The number of hydrogen-bond donors (Lipinski definition) is 2. The zero-order valence-electron chi connectivity index (χ0n) is 21.9. The summed E-state index contributed by atoms with van der Waals surface area (Å²) < 4.78 is 5.56. The lowest BCUT2D eigenvalue weighted by atomic mass is 9.68. The van der Waals surface area contributed by atoms with Gasteiger partial charge in [0.25, 0.3) is 0 Å². The highest BCUT2D eigenvalue weighted by molar-refractivity contribution is 6.30. The number of aromatic amines is 1. The molecule has 0 spiro atoms. The van der Waals surface area contributed by atoms with Gasteiger partial charge >= 0.3 is 0 Å². The molecule has 1 aromatic carbocycles. The van der Waals surface area contributed by atoms with E-state index in [1.54, 1.807) is 6.33 Å². The number of aromatic nitrogens is 4. The number of pyridine rings is 1. The predicted molar refractivity (Wildman–Crippen MR) is 155 cm³/mol. The number of nitrogens with zero attached hydrogens (tertiary/aromatic N) is 4. The van der Waals surface area contributed by atoms with Crippen molar-refractivity contribution in [3.8, 4) is 0 Å². The quantitative estimate of drug-likeness (QED) is 0.342. The van der Waals surface area contributed by atoms with E-state index in [9.17, 15) is 0 Å². The molecule has 39 heavy (non-hydrogen) atoms. The fourth-order valence-corrected chi connectivity index (χ4v) is 6.99. The van der Waals surface area contributed by atoms with E-state index in [1.807, 2.05) is 24.5 Å². The van der Waals surface area contributed by atoms with Crippen molar-refractivity contribution in [2.75, 3.05) is 31.6 Å². The molecule has 3 aliphatic rings. The number of morpholine rings is 1. The molecule has 1 saturated carbocycles. The Morgan fingerprint density at radius 3 is 2.62 bits per heavy atom. The summed E-state index contributed by atoms with van der Waals surface area (Å²) in [6.07, 6.45) is 15.4. The number of hydrogen-bond acceptors (Lipinski definition) is 6. The van der Waals surface area contributed by atoms with Crippen LogP contribution in [0.25, 0.3) is 17.1 Å². The fourth-order valence-electron chi connectivity index (χ4n) is 6.80. The molecule has 1 atom stereocenters. The monoisotopic (exact) mass is 540 g/mol. The van der Waals surface area contributed by atoms with Gasteiger partial charge in [0, 0.05) is 53.7 Å². The van der Waals surface area contributed by atoms with Gasteiger partial charge in [-0.1, -0.05) is 29.8 Å². The Hall–Kier alpha value is -3.26. The van der Waals surface area contributed by atoms with Crippen LogP contribution in [0.15, 0.2) is 61.2 Å². The third-order valence-electron chi connectivity index (χ3n) is 8.85. The molecule has 0 amide bonds. The van der Waals surface area contributed by atoms with Gasteiger partial charge in [0.1, 0.15) is 17.8 Å². The number of benzene rings is 1. The minimum Gasteiger partial charge on any atom is -0.379 e. The highest BCUT2D eigenvalue weighted by atomic mass is 35.5. The summed E-state index contributed by atoms with van der Waals surface area (Å²) in [6, 6.07) is 13.5. The summed E-state index contributed by atoms with van der Waals surface area (Å²) >= 11 is 6.50. The molecule has 1 aliphatic heterocycles. The molecule has 7 nitrogen and oxygen atoms in total. The van der Waals surface area contributed by atoms with E-state index < -0.39 is 0 Å². The summed E-state index contributed by atoms with van der Waals surface area (Å²) in [7, 11) is 0. The Morgan fingerprint density at radius 2 is 1.82 bits per heavy atom. The first-order valence-corrected chi connectivity index (χ1v) is 14.4. The lowest BCUT2D eigenvalue weighted by Gasteiger charge is -2.39. The van der Waals surface area contributed by atoms with Crippen LogP contribution in [0.1, 0.15) is 48.1 Å². The molecule has 2 aliphatic carbocycles. The molecular formula is C31H33ClN6O. The zero-order chi connectivity index (χ0) is 26.2. The van der Waals surface area contributed by atoms with Gasteiger partial charge < -0.3 is 15.0 Å². The molecule has 1 saturated heterocycles. The molecule has 4 aromatic rings. The minimum absolute atomic E-state index is 0.376. The Morgan fingerprint density at radius 1 is 1.00 bits per heavy atom. The number of fused-ring (bicyclic) bond motifs is 3. The van der Waals surface area contributed by atoms with Crippen molar-refractivity contribution < 1.29 is 4.74 Å². The molecular weight excluding hydrogens is 508 g/mol. The molecule has 0 radical (unpaired) electrons. The molecule has 7 rings (SSSR count). The van der Waals surface area contributed by atoms with E-state index >= 15 is 0 Å². The summed E-state index contributed by atoms with van der Waals surface area (Å²) in [6.45, 7) is 3.84. The zero-order valence-corrected chi connectivity index (χ0v) is 22.7. The first-order chi connectivity index (χ1) is 19.2. The number of ether oxygens (including phenoxy) is 1. The van der Waals surface area contributed by atoms with Crippen LogP contribution in [0.4, 0.5) is 5.82 Å². The SMILES string of the molecule is Clc1cccc(C2(c3ccncc3)C=Cc3[nH]c4ncnc(N[C@H]5CC[C@H](N6CCOCC6)CC5)c4c3C2)c1. The van der Waals surface area contributed by atoms with Crippen molar-refractivity contribution >= 4 is 34.5 Å². The number of nitrogens with one attached hydrogen (secondary N) is 2. The molecule has 3 aromatic heterocycles. The van der Waals surface area contributed by atoms with E-state index in [2.05, 4.69) is 61.6 Å². The molecule has 1 unspecified atom stereocenters. The predicted octanol–water partition coefficient (Wildman–Crippen LogP) is 5.62. The van der Waals surface area contributed by atoms with Crippen LogP contribution in [-0.2, 0) is 16.6 Å². The van der Waals surface area contributed by atoms with Gasteiger partial charge in [0.05, 0.1) is 18.6 Å². The van der Waals surface area contributed by atoms with Crippen molar-refractivity contribution in [3.05, 3.63) is 88.6 Å². The Labute approximate surface area is 233 Å². The van der Waals surface area contributed by atoms with Gasteiger partial charge in [-0.25, -0.2) is 9.97 Å². The number of allylic oxidation sites excluding steroid dienone is 1. The van der Waals surface area contributed by atoms with Crippen LogP contribution in [0.5, 0.6) is 0 Å². The van der Waals surface area contributed by atoms with E-state index in [0.29, 0.717) is 12.1 Å². The van der Waals surface area contributed by atoms with E-state index in [4.69, 9.17) is 21.3 Å². The largest absolute Gasteiger partial charge is 0.379 e. The van der Waals surface area contributed by atoms with Gasteiger partial charge in [-0.15, -0.1) is 0 Å². The van der Waals surface area contributed by atoms with E-state index in [1.165, 1.54) is 24.0 Å². The first-order valence-electron chi connectivity index (χ1n) is 14.0. The third-order valence-corrected chi connectivity index (χ3v) is 9.09. The summed E-state index contributed by atoms with van der Waals surface area (Å²) in [5.74, 6) is 0.928. The van der Waals surface area contributed by atoms with Crippen LogP contribution in [0.2, 0.25) is 5.02 Å². The van der Waals surface area contributed by atoms with Gasteiger partial charge in [-0.05, 0) is 79.1 Å². The molecule has 0 bridgehead atoms. The smallest absolute Gasteiger partial charge is 0.143 e. The maximum Gasteiger partial charge on any atom is 0.143 e. The van der Waals surface area contributed by atoms with Gasteiger partial charge in [0.15, 0.2) is 0 Å². The average molecular weight is 541 g/mol. The average Bonchev–Trinajstić information content (AvgIpc) is 3.37.